The number of aromatic nitrogens is 5. The Morgan fingerprint density at radius 2 is 2.17 bits per heavy atom. The van der Waals surface area contributed by atoms with Gasteiger partial charge >= 0.3 is 0 Å². The fourth-order valence-corrected chi connectivity index (χ4v) is 3.48. The number of thioether (sulfide) groups is 1. The van der Waals surface area contributed by atoms with Gasteiger partial charge in [-0.15, -0.1) is 11.3 Å². The van der Waals surface area contributed by atoms with Crippen molar-refractivity contribution < 1.29 is 4.79 Å². The molecule has 0 atom stereocenters. The van der Waals surface area contributed by atoms with Crippen molar-refractivity contribution >= 4 is 51.1 Å². The van der Waals surface area contributed by atoms with E-state index in [-0.39, 0.29) is 17.1 Å². The molecule has 1 amide bonds. The largest absolute Gasteiger partial charge is 0.382 e. The highest BCUT2D eigenvalue weighted by molar-refractivity contribution is 7.99. The lowest BCUT2D eigenvalue weighted by Gasteiger charge is -2.14. The summed E-state index contributed by atoms with van der Waals surface area (Å²) in [7, 11) is 0. The molecule has 8 nitrogen and oxygen atoms in total. The molecule has 0 fully saturated rings. The fourth-order valence-electron chi connectivity index (χ4n) is 1.86. The highest BCUT2D eigenvalue weighted by Crippen LogP contribution is 2.26. The summed E-state index contributed by atoms with van der Waals surface area (Å²) in [6, 6.07) is 0. The number of nitrogens with one attached hydrogen (secondary N) is 2. The van der Waals surface area contributed by atoms with Crippen molar-refractivity contribution in [3.63, 3.8) is 0 Å². The quantitative estimate of drug-likeness (QED) is 0.608. The molecule has 3 aromatic rings. The van der Waals surface area contributed by atoms with Crippen molar-refractivity contribution in [3.8, 4) is 0 Å². The standard InChI is InChI=1S/C14H17N7OS2/c1-14(2,3)7-4-23-12(18-7)19-8(22)5-24-13-20-9-10(15)16-6-17-11(9)21-13/h4,6H,5H2,1-3H3,(H,18,19,22)(H3,15,16,17,20,21). The van der Waals surface area contributed by atoms with Crippen LogP contribution in [-0.2, 0) is 10.2 Å². The molecule has 3 rings (SSSR count). The van der Waals surface area contributed by atoms with E-state index in [0.29, 0.717) is 27.3 Å². The van der Waals surface area contributed by atoms with Gasteiger partial charge in [0.25, 0.3) is 0 Å². The van der Waals surface area contributed by atoms with E-state index in [4.69, 9.17) is 5.73 Å². The summed E-state index contributed by atoms with van der Waals surface area (Å²) < 4.78 is 0. The smallest absolute Gasteiger partial charge is 0.236 e. The van der Waals surface area contributed by atoms with E-state index in [1.807, 2.05) is 5.38 Å². The second-order valence-electron chi connectivity index (χ2n) is 6.12. The van der Waals surface area contributed by atoms with Crippen molar-refractivity contribution in [2.45, 2.75) is 31.3 Å². The van der Waals surface area contributed by atoms with Gasteiger partial charge in [0.05, 0.1) is 11.4 Å². The number of fused-ring (bicyclic) bond motifs is 1. The predicted octanol–water partition coefficient (Wildman–Crippen LogP) is 2.42. The number of anilines is 2. The number of carbonyl (C=O) groups excluding carboxylic acids is 1. The van der Waals surface area contributed by atoms with E-state index in [9.17, 15) is 4.79 Å². The minimum atomic E-state index is -0.144. The average molecular weight is 363 g/mol. The number of nitrogens with two attached hydrogens (primary N) is 1. The van der Waals surface area contributed by atoms with Gasteiger partial charge in [0.15, 0.2) is 21.8 Å². The zero-order valence-corrected chi connectivity index (χ0v) is 15.1. The number of carbonyl (C=O) groups is 1. The van der Waals surface area contributed by atoms with Gasteiger partial charge in [-0.25, -0.2) is 19.9 Å². The highest BCUT2D eigenvalue weighted by Gasteiger charge is 2.18. The van der Waals surface area contributed by atoms with Gasteiger partial charge in [0.1, 0.15) is 11.8 Å². The van der Waals surface area contributed by atoms with Crippen molar-refractivity contribution in [1.82, 2.24) is 24.9 Å². The number of rotatable bonds is 4. The first-order chi connectivity index (χ1) is 11.3. The Bertz CT molecular complexity index is 881. The fraction of sp³-hybridized carbons (Fsp3) is 0.357. The number of hydrogen-bond acceptors (Lipinski definition) is 8. The van der Waals surface area contributed by atoms with Crippen molar-refractivity contribution in [2.24, 2.45) is 0 Å². The van der Waals surface area contributed by atoms with Crippen LogP contribution in [0.25, 0.3) is 11.2 Å². The zero-order valence-electron chi connectivity index (χ0n) is 13.5. The van der Waals surface area contributed by atoms with Crippen LogP contribution < -0.4 is 11.1 Å². The molecule has 0 aliphatic carbocycles. The number of nitrogen functional groups attached to an aromatic ring is 1. The number of nitrogens with zero attached hydrogens (tertiary/aromatic N) is 4. The van der Waals surface area contributed by atoms with Crippen LogP contribution in [0.5, 0.6) is 0 Å². The van der Waals surface area contributed by atoms with Gasteiger partial charge in [-0.1, -0.05) is 32.5 Å². The van der Waals surface area contributed by atoms with Crippen LogP contribution in [0.3, 0.4) is 0 Å². The number of amides is 1. The van der Waals surface area contributed by atoms with Crippen molar-refractivity contribution in [2.75, 3.05) is 16.8 Å². The van der Waals surface area contributed by atoms with Crippen LogP contribution in [0.2, 0.25) is 0 Å². The molecule has 0 aliphatic heterocycles. The molecule has 0 aliphatic rings. The summed E-state index contributed by atoms with van der Waals surface area (Å²) in [5.41, 5.74) is 7.73. The Kier molecular flexibility index (Phi) is 4.41. The summed E-state index contributed by atoms with van der Waals surface area (Å²) in [6.45, 7) is 6.25. The van der Waals surface area contributed by atoms with E-state index < -0.39 is 0 Å². The lowest BCUT2D eigenvalue weighted by Crippen LogP contribution is -2.15. The van der Waals surface area contributed by atoms with Crippen LogP contribution >= 0.6 is 23.1 Å². The third kappa shape index (κ3) is 3.65. The van der Waals surface area contributed by atoms with Gasteiger partial charge in [0.2, 0.25) is 5.91 Å². The molecule has 0 spiro atoms. The number of H-pyrrole nitrogens is 1. The minimum absolute atomic E-state index is 0.0382. The Labute approximate surface area is 146 Å². The SMILES string of the molecule is CC(C)(C)c1csc(NC(=O)CSc2nc3ncnc(N)c3[nH]2)n1. The van der Waals surface area contributed by atoms with E-state index in [1.165, 1.54) is 29.4 Å². The summed E-state index contributed by atoms with van der Waals surface area (Å²) in [6.07, 6.45) is 1.36. The van der Waals surface area contributed by atoms with Gasteiger partial charge in [-0.05, 0) is 0 Å². The molecule has 0 bridgehead atoms. The van der Waals surface area contributed by atoms with Gasteiger partial charge < -0.3 is 16.0 Å². The second-order valence-corrected chi connectivity index (χ2v) is 7.95. The van der Waals surface area contributed by atoms with Crippen molar-refractivity contribution in [1.29, 1.82) is 0 Å². The number of thiazole rings is 1. The maximum absolute atomic E-state index is 12.1. The van der Waals surface area contributed by atoms with Crippen LogP contribution in [-0.4, -0.2) is 36.6 Å². The van der Waals surface area contributed by atoms with Gasteiger partial charge in [0, 0.05) is 10.8 Å². The first-order valence-corrected chi connectivity index (χ1v) is 9.04. The van der Waals surface area contributed by atoms with Crippen molar-refractivity contribution in [3.05, 3.63) is 17.4 Å². The molecule has 0 aromatic carbocycles. The summed E-state index contributed by atoms with van der Waals surface area (Å²) in [5, 5.41) is 5.94. The molecule has 0 saturated carbocycles. The van der Waals surface area contributed by atoms with Crippen LogP contribution in [0.4, 0.5) is 10.9 Å². The molecule has 3 heterocycles. The molecule has 126 valence electrons. The lowest BCUT2D eigenvalue weighted by atomic mass is 9.93. The minimum Gasteiger partial charge on any atom is -0.382 e. The zero-order chi connectivity index (χ0) is 17.3. The van der Waals surface area contributed by atoms with Crippen LogP contribution in [0.1, 0.15) is 26.5 Å². The molecule has 10 heteroatoms. The number of imidazole rings is 1. The Hall–Kier alpha value is -2.20. The molecule has 24 heavy (non-hydrogen) atoms. The lowest BCUT2D eigenvalue weighted by molar-refractivity contribution is -0.113. The van der Waals surface area contributed by atoms with E-state index in [1.54, 1.807) is 0 Å². The first-order valence-electron chi connectivity index (χ1n) is 7.18. The topological polar surface area (TPSA) is 122 Å². The predicted molar refractivity (Wildman–Crippen MR) is 96.3 cm³/mol. The Morgan fingerprint density at radius 3 is 2.83 bits per heavy atom. The van der Waals surface area contributed by atoms with Crippen LogP contribution in [0.15, 0.2) is 16.9 Å². The van der Waals surface area contributed by atoms with Gasteiger partial charge in [-0.2, -0.15) is 0 Å². The second kappa shape index (κ2) is 6.36. The third-order valence-corrected chi connectivity index (χ3v) is 4.79. The Balaban J connectivity index is 1.60. The number of hydrogen-bond donors (Lipinski definition) is 3. The summed E-state index contributed by atoms with van der Waals surface area (Å²) >= 11 is 2.69. The molecular formula is C14H17N7OS2. The average Bonchev–Trinajstić information content (AvgIpc) is 3.12. The summed E-state index contributed by atoms with van der Waals surface area (Å²) in [4.78, 5) is 31.7. The van der Waals surface area contributed by atoms with Crippen LogP contribution in [0, 0.1) is 0 Å². The highest BCUT2D eigenvalue weighted by atomic mass is 32.2. The molecule has 0 saturated heterocycles. The molecule has 0 unspecified atom stereocenters. The first kappa shape index (κ1) is 16.7. The molecule has 4 N–H and O–H groups in total. The normalized spacial score (nSPS) is 11.8. The van der Waals surface area contributed by atoms with E-state index in [2.05, 4.69) is 51.0 Å². The van der Waals surface area contributed by atoms with Gasteiger partial charge in [-0.3, -0.25) is 4.79 Å². The van der Waals surface area contributed by atoms with E-state index in [0.717, 1.165) is 5.69 Å². The van der Waals surface area contributed by atoms with E-state index >= 15 is 0 Å². The monoisotopic (exact) mass is 363 g/mol. The molecular weight excluding hydrogens is 346 g/mol. The maximum Gasteiger partial charge on any atom is 0.236 e. The molecule has 3 aromatic heterocycles. The Morgan fingerprint density at radius 1 is 1.38 bits per heavy atom. The molecule has 0 radical (unpaired) electrons. The maximum atomic E-state index is 12.1. The number of aromatic amines is 1. The summed E-state index contributed by atoms with van der Waals surface area (Å²) in [5.74, 6) is 0.396. The third-order valence-electron chi connectivity index (χ3n) is 3.15.